The number of halogens is 3. The lowest BCUT2D eigenvalue weighted by atomic mass is 10.1. The van der Waals surface area contributed by atoms with Gasteiger partial charge in [-0.05, 0) is 23.6 Å². The van der Waals surface area contributed by atoms with Gasteiger partial charge >= 0.3 is 0 Å². The standard InChI is InChI=1S/C9H9Br2F/c10-4-3-8-5-7(6-11)1-2-9(8)12/h1-2,5H,3-4,6H2. The fourth-order valence-electron chi connectivity index (χ4n) is 1.00. The molecule has 0 aromatic heterocycles. The topological polar surface area (TPSA) is 0 Å². The predicted molar refractivity (Wildman–Crippen MR) is 56.5 cm³/mol. The molecule has 0 aliphatic carbocycles. The first-order valence-electron chi connectivity index (χ1n) is 3.67. The van der Waals surface area contributed by atoms with Gasteiger partial charge in [0.15, 0.2) is 0 Å². The van der Waals surface area contributed by atoms with Crippen LogP contribution in [-0.4, -0.2) is 5.33 Å². The molecule has 0 atom stereocenters. The van der Waals surface area contributed by atoms with E-state index in [0.717, 1.165) is 28.2 Å². The molecule has 0 heterocycles. The van der Waals surface area contributed by atoms with Crippen molar-refractivity contribution in [2.45, 2.75) is 11.8 Å². The molecule has 0 unspecified atom stereocenters. The van der Waals surface area contributed by atoms with Crippen molar-refractivity contribution in [3.05, 3.63) is 35.1 Å². The Bertz CT molecular complexity index is 261. The summed E-state index contributed by atoms with van der Waals surface area (Å²) in [6, 6.07) is 5.21. The third-order valence-electron chi connectivity index (χ3n) is 1.63. The normalized spacial score (nSPS) is 10.2. The third kappa shape index (κ3) is 2.56. The van der Waals surface area contributed by atoms with Crippen molar-refractivity contribution in [3.8, 4) is 0 Å². The van der Waals surface area contributed by atoms with Crippen LogP contribution < -0.4 is 0 Å². The first kappa shape index (κ1) is 10.2. The Kier molecular flexibility index (Phi) is 4.22. The highest BCUT2D eigenvalue weighted by molar-refractivity contribution is 9.09. The average Bonchev–Trinajstić information content (AvgIpc) is 2.09. The van der Waals surface area contributed by atoms with E-state index in [1.807, 2.05) is 6.07 Å². The van der Waals surface area contributed by atoms with Gasteiger partial charge in [0.05, 0.1) is 0 Å². The Balaban J connectivity index is 2.91. The monoisotopic (exact) mass is 294 g/mol. The summed E-state index contributed by atoms with van der Waals surface area (Å²) in [5, 5.41) is 1.58. The zero-order valence-corrected chi connectivity index (χ0v) is 9.66. The van der Waals surface area contributed by atoms with Crippen molar-refractivity contribution in [2.75, 3.05) is 5.33 Å². The largest absolute Gasteiger partial charge is 0.207 e. The molecule has 1 aromatic rings. The summed E-state index contributed by atoms with van der Waals surface area (Å²) in [6.45, 7) is 0. The molecule has 12 heavy (non-hydrogen) atoms. The number of hydrogen-bond donors (Lipinski definition) is 0. The van der Waals surface area contributed by atoms with Gasteiger partial charge in [0.1, 0.15) is 5.82 Å². The summed E-state index contributed by atoms with van der Waals surface area (Å²) >= 11 is 6.62. The summed E-state index contributed by atoms with van der Waals surface area (Å²) in [5.41, 5.74) is 1.90. The van der Waals surface area contributed by atoms with E-state index >= 15 is 0 Å². The summed E-state index contributed by atoms with van der Waals surface area (Å²) in [5.74, 6) is -0.112. The molecule has 0 saturated carbocycles. The number of rotatable bonds is 3. The summed E-state index contributed by atoms with van der Waals surface area (Å²) in [4.78, 5) is 0. The van der Waals surface area contributed by atoms with Crippen molar-refractivity contribution in [1.29, 1.82) is 0 Å². The molecule has 0 N–H and O–H groups in total. The second-order valence-electron chi connectivity index (χ2n) is 2.50. The maximum atomic E-state index is 13.1. The minimum atomic E-state index is -0.112. The molecule has 66 valence electrons. The molecule has 3 heteroatoms. The Morgan fingerprint density at radius 2 is 2.00 bits per heavy atom. The van der Waals surface area contributed by atoms with Crippen LogP contribution in [0.15, 0.2) is 18.2 Å². The van der Waals surface area contributed by atoms with Crippen LogP contribution in [0.2, 0.25) is 0 Å². The second-order valence-corrected chi connectivity index (χ2v) is 3.85. The van der Waals surface area contributed by atoms with E-state index in [1.54, 1.807) is 6.07 Å². The SMILES string of the molecule is Fc1ccc(CBr)cc1CCBr. The van der Waals surface area contributed by atoms with E-state index in [2.05, 4.69) is 31.9 Å². The average molecular weight is 296 g/mol. The summed E-state index contributed by atoms with van der Waals surface area (Å²) in [6.07, 6.45) is 0.743. The number of hydrogen-bond acceptors (Lipinski definition) is 0. The number of benzene rings is 1. The Morgan fingerprint density at radius 3 is 2.58 bits per heavy atom. The fraction of sp³-hybridized carbons (Fsp3) is 0.333. The van der Waals surface area contributed by atoms with Gasteiger partial charge in [-0.1, -0.05) is 44.0 Å². The van der Waals surface area contributed by atoms with Crippen LogP contribution in [0.1, 0.15) is 11.1 Å². The molecular formula is C9H9Br2F. The molecular weight excluding hydrogens is 287 g/mol. The molecule has 0 aliphatic heterocycles. The Morgan fingerprint density at radius 1 is 1.25 bits per heavy atom. The third-order valence-corrected chi connectivity index (χ3v) is 2.67. The van der Waals surface area contributed by atoms with Crippen molar-refractivity contribution >= 4 is 31.9 Å². The molecule has 0 aliphatic rings. The molecule has 1 aromatic carbocycles. The minimum Gasteiger partial charge on any atom is -0.207 e. The van der Waals surface area contributed by atoms with Crippen LogP contribution in [0.3, 0.4) is 0 Å². The van der Waals surface area contributed by atoms with Gasteiger partial charge in [0.2, 0.25) is 0 Å². The molecule has 0 spiro atoms. The van der Waals surface area contributed by atoms with E-state index in [9.17, 15) is 4.39 Å². The summed E-state index contributed by atoms with van der Waals surface area (Å²) in [7, 11) is 0. The van der Waals surface area contributed by atoms with Crippen molar-refractivity contribution < 1.29 is 4.39 Å². The van der Waals surface area contributed by atoms with Gasteiger partial charge in [-0.2, -0.15) is 0 Å². The Labute approximate surface area is 88.4 Å². The van der Waals surface area contributed by atoms with Gasteiger partial charge in [-0.25, -0.2) is 4.39 Å². The van der Waals surface area contributed by atoms with Crippen LogP contribution in [0, 0.1) is 5.82 Å². The number of alkyl halides is 2. The first-order valence-corrected chi connectivity index (χ1v) is 5.91. The highest BCUT2D eigenvalue weighted by atomic mass is 79.9. The van der Waals surface area contributed by atoms with Gasteiger partial charge in [-0.3, -0.25) is 0 Å². The molecule has 0 fully saturated rings. The molecule has 0 saturated heterocycles. The van der Waals surface area contributed by atoms with Crippen LogP contribution in [0.4, 0.5) is 4.39 Å². The van der Waals surface area contributed by atoms with E-state index in [0.29, 0.717) is 0 Å². The zero-order chi connectivity index (χ0) is 8.97. The van der Waals surface area contributed by atoms with Crippen molar-refractivity contribution in [3.63, 3.8) is 0 Å². The lowest BCUT2D eigenvalue weighted by Gasteiger charge is -2.02. The Hall–Kier alpha value is 0.110. The second kappa shape index (κ2) is 4.97. The molecule has 0 amide bonds. The maximum absolute atomic E-state index is 13.1. The van der Waals surface area contributed by atoms with Gasteiger partial charge < -0.3 is 0 Å². The lowest BCUT2D eigenvalue weighted by Crippen LogP contribution is -1.92. The zero-order valence-electron chi connectivity index (χ0n) is 6.49. The van der Waals surface area contributed by atoms with Crippen molar-refractivity contribution in [2.24, 2.45) is 0 Å². The fourth-order valence-corrected chi connectivity index (χ4v) is 1.78. The van der Waals surface area contributed by atoms with Gasteiger partial charge in [-0.15, -0.1) is 0 Å². The van der Waals surface area contributed by atoms with E-state index in [1.165, 1.54) is 6.07 Å². The summed E-state index contributed by atoms with van der Waals surface area (Å²) < 4.78 is 13.1. The lowest BCUT2D eigenvalue weighted by molar-refractivity contribution is 0.612. The predicted octanol–water partition coefficient (Wildman–Crippen LogP) is 3.66. The molecule has 0 radical (unpaired) electrons. The van der Waals surface area contributed by atoms with Crippen LogP contribution in [-0.2, 0) is 11.8 Å². The van der Waals surface area contributed by atoms with Crippen LogP contribution in [0.25, 0.3) is 0 Å². The minimum absolute atomic E-state index is 0.112. The highest BCUT2D eigenvalue weighted by Crippen LogP contribution is 2.14. The smallest absolute Gasteiger partial charge is 0.126 e. The maximum Gasteiger partial charge on any atom is 0.126 e. The molecule has 0 bridgehead atoms. The van der Waals surface area contributed by atoms with Crippen LogP contribution in [0.5, 0.6) is 0 Å². The van der Waals surface area contributed by atoms with Crippen LogP contribution >= 0.6 is 31.9 Å². The molecule has 1 rings (SSSR count). The quantitative estimate of drug-likeness (QED) is 0.747. The number of aryl methyl sites for hydroxylation is 1. The van der Waals surface area contributed by atoms with Crippen molar-refractivity contribution in [1.82, 2.24) is 0 Å². The van der Waals surface area contributed by atoms with E-state index in [4.69, 9.17) is 0 Å². The van der Waals surface area contributed by atoms with Gasteiger partial charge in [0, 0.05) is 10.7 Å². The molecule has 0 nitrogen and oxygen atoms in total. The first-order chi connectivity index (χ1) is 5.77. The highest BCUT2D eigenvalue weighted by Gasteiger charge is 2.01. The van der Waals surface area contributed by atoms with E-state index in [-0.39, 0.29) is 5.82 Å². The van der Waals surface area contributed by atoms with Gasteiger partial charge in [0.25, 0.3) is 0 Å². The van der Waals surface area contributed by atoms with E-state index < -0.39 is 0 Å².